The van der Waals surface area contributed by atoms with Crippen molar-refractivity contribution in [3.8, 4) is 11.5 Å². The topological polar surface area (TPSA) is 47.6 Å². The zero-order valence-electron chi connectivity index (χ0n) is 12.3. The zero-order valence-corrected chi connectivity index (χ0v) is 12.3. The van der Waals surface area contributed by atoms with Crippen LogP contribution in [0.1, 0.15) is 43.5 Å². The van der Waals surface area contributed by atoms with Crippen molar-refractivity contribution in [1.82, 2.24) is 5.32 Å². The second-order valence-corrected chi connectivity index (χ2v) is 5.10. The Kier molecular flexibility index (Phi) is 5.27. The maximum absolute atomic E-state index is 12.1. The van der Waals surface area contributed by atoms with Gasteiger partial charge in [-0.15, -0.1) is 0 Å². The smallest absolute Gasteiger partial charge is 0.251 e. The lowest BCUT2D eigenvalue weighted by atomic mass is 10.0. The van der Waals surface area contributed by atoms with Gasteiger partial charge in [-0.1, -0.05) is 26.7 Å². The Morgan fingerprint density at radius 3 is 2.60 bits per heavy atom. The molecule has 1 aromatic carbocycles. The molecule has 0 aliphatic carbocycles. The van der Waals surface area contributed by atoms with Crippen molar-refractivity contribution >= 4 is 5.91 Å². The maximum Gasteiger partial charge on any atom is 0.251 e. The Balaban J connectivity index is 2.01. The normalized spacial score (nSPS) is 13.9. The summed E-state index contributed by atoms with van der Waals surface area (Å²) >= 11 is 0. The van der Waals surface area contributed by atoms with Crippen LogP contribution < -0.4 is 14.8 Å². The number of fused-ring (bicyclic) bond motifs is 1. The van der Waals surface area contributed by atoms with Gasteiger partial charge in [-0.25, -0.2) is 0 Å². The molecule has 4 nitrogen and oxygen atoms in total. The number of ether oxygens (including phenoxy) is 2. The molecule has 0 aromatic heterocycles. The van der Waals surface area contributed by atoms with Crippen LogP contribution in [-0.2, 0) is 0 Å². The summed E-state index contributed by atoms with van der Waals surface area (Å²) < 4.78 is 11.2. The van der Waals surface area contributed by atoms with E-state index in [4.69, 9.17) is 9.47 Å². The molecule has 1 amide bonds. The molecule has 0 fully saturated rings. The Bertz CT molecular complexity index is 455. The Morgan fingerprint density at radius 2 is 1.90 bits per heavy atom. The molecule has 0 saturated carbocycles. The molecule has 0 atom stereocenters. The van der Waals surface area contributed by atoms with Gasteiger partial charge in [0.1, 0.15) is 0 Å². The fraction of sp³-hybridized carbons (Fsp3) is 0.562. The van der Waals surface area contributed by atoms with E-state index in [0.717, 1.165) is 31.6 Å². The van der Waals surface area contributed by atoms with Crippen LogP contribution in [0.5, 0.6) is 11.5 Å². The number of carbonyl (C=O) groups excluding carboxylic acids is 1. The van der Waals surface area contributed by atoms with Crippen molar-refractivity contribution < 1.29 is 14.3 Å². The first-order valence-corrected chi connectivity index (χ1v) is 7.42. The first kappa shape index (κ1) is 14.7. The molecule has 0 bridgehead atoms. The Labute approximate surface area is 120 Å². The fourth-order valence-electron chi connectivity index (χ4n) is 2.22. The highest BCUT2D eigenvalue weighted by atomic mass is 16.5. The summed E-state index contributed by atoms with van der Waals surface area (Å²) in [5.74, 6) is 1.88. The summed E-state index contributed by atoms with van der Waals surface area (Å²) in [4.78, 5) is 12.1. The molecule has 0 saturated heterocycles. The zero-order chi connectivity index (χ0) is 14.4. The van der Waals surface area contributed by atoms with Gasteiger partial charge in [0.05, 0.1) is 13.2 Å². The third kappa shape index (κ3) is 3.65. The standard InChI is InChI=1S/C16H23NO3/c1-3-12(4-2)11-17-16(18)13-6-7-14-15(10-13)20-9-5-8-19-14/h6-7,10,12H,3-5,8-9,11H2,1-2H3,(H,17,18). The van der Waals surface area contributed by atoms with Crippen molar-refractivity contribution in [3.05, 3.63) is 23.8 Å². The highest BCUT2D eigenvalue weighted by Gasteiger charge is 2.14. The predicted octanol–water partition coefficient (Wildman–Crippen LogP) is 3.01. The lowest BCUT2D eigenvalue weighted by Crippen LogP contribution is -2.28. The Hall–Kier alpha value is -1.71. The molecule has 4 heteroatoms. The van der Waals surface area contributed by atoms with Gasteiger partial charge in [-0.2, -0.15) is 0 Å². The van der Waals surface area contributed by atoms with Crippen LogP contribution in [0.2, 0.25) is 0 Å². The summed E-state index contributed by atoms with van der Waals surface area (Å²) in [6.07, 6.45) is 3.03. The molecule has 2 rings (SSSR count). The number of amides is 1. The SMILES string of the molecule is CCC(CC)CNC(=O)c1ccc2c(c1)OCCCO2. The quantitative estimate of drug-likeness (QED) is 0.900. The Morgan fingerprint density at radius 1 is 1.20 bits per heavy atom. The molecular formula is C16H23NO3. The molecule has 1 N–H and O–H groups in total. The molecule has 0 radical (unpaired) electrons. The lowest BCUT2D eigenvalue weighted by Gasteiger charge is -2.14. The average molecular weight is 277 g/mol. The van der Waals surface area contributed by atoms with Crippen LogP contribution in [0, 0.1) is 5.92 Å². The number of carbonyl (C=O) groups is 1. The predicted molar refractivity (Wildman–Crippen MR) is 78.5 cm³/mol. The molecule has 20 heavy (non-hydrogen) atoms. The number of hydrogen-bond donors (Lipinski definition) is 1. The van der Waals surface area contributed by atoms with Crippen molar-refractivity contribution in [2.24, 2.45) is 5.92 Å². The second kappa shape index (κ2) is 7.17. The van der Waals surface area contributed by atoms with Crippen LogP contribution in [0.15, 0.2) is 18.2 Å². The van der Waals surface area contributed by atoms with Gasteiger partial charge in [-0.3, -0.25) is 4.79 Å². The number of benzene rings is 1. The average Bonchev–Trinajstić information content (AvgIpc) is 2.72. The minimum Gasteiger partial charge on any atom is -0.490 e. The highest BCUT2D eigenvalue weighted by molar-refractivity contribution is 5.94. The van der Waals surface area contributed by atoms with E-state index in [-0.39, 0.29) is 5.91 Å². The van der Waals surface area contributed by atoms with Crippen molar-refractivity contribution in [2.75, 3.05) is 19.8 Å². The largest absolute Gasteiger partial charge is 0.490 e. The summed E-state index contributed by atoms with van der Waals surface area (Å²) in [6, 6.07) is 5.37. The number of hydrogen-bond acceptors (Lipinski definition) is 3. The van der Waals surface area contributed by atoms with Crippen LogP contribution in [0.25, 0.3) is 0 Å². The van der Waals surface area contributed by atoms with Crippen molar-refractivity contribution in [3.63, 3.8) is 0 Å². The molecule has 1 aliphatic rings. The summed E-state index contributed by atoms with van der Waals surface area (Å²) in [6.45, 7) is 6.31. The summed E-state index contributed by atoms with van der Waals surface area (Å²) in [5, 5.41) is 2.99. The van der Waals surface area contributed by atoms with Gasteiger partial charge in [0.2, 0.25) is 0 Å². The third-order valence-electron chi connectivity index (χ3n) is 3.72. The van der Waals surface area contributed by atoms with Gasteiger partial charge in [0, 0.05) is 18.5 Å². The fourth-order valence-corrected chi connectivity index (χ4v) is 2.22. The minimum absolute atomic E-state index is 0.0486. The number of nitrogens with one attached hydrogen (secondary N) is 1. The van der Waals surface area contributed by atoms with E-state index in [1.54, 1.807) is 12.1 Å². The van der Waals surface area contributed by atoms with E-state index >= 15 is 0 Å². The molecule has 1 heterocycles. The van der Waals surface area contributed by atoms with Crippen molar-refractivity contribution in [2.45, 2.75) is 33.1 Å². The van der Waals surface area contributed by atoms with Crippen LogP contribution >= 0.6 is 0 Å². The molecule has 110 valence electrons. The maximum atomic E-state index is 12.1. The molecule has 1 aromatic rings. The monoisotopic (exact) mass is 277 g/mol. The van der Waals surface area contributed by atoms with E-state index < -0.39 is 0 Å². The van der Waals surface area contributed by atoms with E-state index in [0.29, 0.717) is 30.4 Å². The lowest BCUT2D eigenvalue weighted by molar-refractivity contribution is 0.0946. The van der Waals surface area contributed by atoms with E-state index in [1.807, 2.05) is 6.07 Å². The van der Waals surface area contributed by atoms with E-state index in [1.165, 1.54) is 0 Å². The molecule has 0 unspecified atom stereocenters. The van der Waals surface area contributed by atoms with Crippen molar-refractivity contribution in [1.29, 1.82) is 0 Å². The summed E-state index contributed by atoms with van der Waals surface area (Å²) in [5.41, 5.74) is 0.625. The van der Waals surface area contributed by atoms with E-state index in [9.17, 15) is 4.79 Å². The van der Waals surface area contributed by atoms with Gasteiger partial charge in [0.25, 0.3) is 5.91 Å². The highest BCUT2D eigenvalue weighted by Crippen LogP contribution is 2.30. The summed E-state index contributed by atoms with van der Waals surface area (Å²) in [7, 11) is 0. The minimum atomic E-state index is -0.0486. The van der Waals surface area contributed by atoms with Gasteiger partial charge in [0.15, 0.2) is 11.5 Å². The molecular weight excluding hydrogens is 254 g/mol. The first-order valence-electron chi connectivity index (χ1n) is 7.42. The van der Waals surface area contributed by atoms with E-state index in [2.05, 4.69) is 19.2 Å². The van der Waals surface area contributed by atoms with Gasteiger partial charge < -0.3 is 14.8 Å². The van der Waals surface area contributed by atoms with Gasteiger partial charge >= 0.3 is 0 Å². The van der Waals surface area contributed by atoms with Crippen LogP contribution in [-0.4, -0.2) is 25.7 Å². The second-order valence-electron chi connectivity index (χ2n) is 5.10. The number of rotatable bonds is 5. The van der Waals surface area contributed by atoms with Gasteiger partial charge in [-0.05, 0) is 24.1 Å². The molecule has 0 spiro atoms. The van der Waals surface area contributed by atoms with Crippen LogP contribution in [0.3, 0.4) is 0 Å². The molecule has 1 aliphatic heterocycles. The first-order chi connectivity index (χ1) is 9.74. The third-order valence-corrected chi connectivity index (χ3v) is 3.72. The van der Waals surface area contributed by atoms with Crippen LogP contribution in [0.4, 0.5) is 0 Å².